The average molecular weight is 289 g/mol. The molecule has 1 unspecified atom stereocenters. The van der Waals surface area contributed by atoms with E-state index in [9.17, 15) is 9.90 Å². The molecule has 1 aliphatic rings. The molecule has 0 bridgehead atoms. The summed E-state index contributed by atoms with van der Waals surface area (Å²) in [7, 11) is 0. The van der Waals surface area contributed by atoms with Gasteiger partial charge in [-0.25, -0.2) is 0 Å². The minimum atomic E-state index is -1.04. The Kier molecular flexibility index (Phi) is 2.67. The summed E-state index contributed by atoms with van der Waals surface area (Å²) in [5.41, 5.74) is 0.231. The third-order valence-electron chi connectivity index (χ3n) is 2.43. The molecule has 16 heavy (non-hydrogen) atoms. The molecule has 1 heterocycles. The van der Waals surface area contributed by atoms with Crippen LogP contribution >= 0.6 is 15.9 Å². The maximum atomic E-state index is 10.9. The Bertz CT molecular complexity index is 457. The fraction of sp³-hybridized carbons (Fsp3) is 0.300. The number of phenols is 1. The zero-order valence-corrected chi connectivity index (χ0v) is 9.94. The molecule has 1 atom stereocenters. The first-order valence-electron chi connectivity index (χ1n) is 4.56. The highest BCUT2D eigenvalue weighted by Crippen LogP contribution is 2.47. The molecule has 2 rings (SSSR count). The average Bonchev–Trinajstić information content (AvgIpc) is 2.66. The summed E-state index contributed by atoms with van der Waals surface area (Å²) in [6.07, 6.45) is 0. The quantitative estimate of drug-likeness (QED) is 0.871. The summed E-state index contributed by atoms with van der Waals surface area (Å²) in [6, 6.07) is 1.55. The van der Waals surface area contributed by atoms with E-state index in [0.717, 1.165) is 0 Å². The first-order valence-corrected chi connectivity index (χ1v) is 5.35. The maximum absolute atomic E-state index is 10.9. The van der Waals surface area contributed by atoms with Crippen LogP contribution in [0.15, 0.2) is 10.5 Å². The lowest BCUT2D eigenvalue weighted by Gasteiger charge is -2.13. The molecular weight excluding hydrogens is 280 g/mol. The molecule has 1 aromatic carbocycles. The molecule has 5 nitrogen and oxygen atoms in total. The number of ether oxygens (including phenoxy) is 2. The number of phenolic OH excluding ortho intramolecular Hbond substituents is 1. The van der Waals surface area contributed by atoms with E-state index in [1.807, 2.05) is 0 Å². The lowest BCUT2D eigenvalue weighted by atomic mass is 9.99. The van der Waals surface area contributed by atoms with E-state index in [1.54, 1.807) is 6.07 Å². The number of benzene rings is 1. The van der Waals surface area contributed by atoms with Crippen molar-refractivity contribution in [1.29, 1.82) is 0 Å². The maximum Gasteiger partial charge on any atom is 0.310 e. The zero-order valence-electron chi connectivity index (χ0n) is 8.36. The van der Waals surface area contributed by atoms with Gasteiger partial charge in [0.15, 0.2) is 11.5 Å². The molecule has 1 aromatic rings. The van der Waals surface area contributed by atoms with Crippen molar-refractivity contribution >= 4 is 21.9 Å². The number of hydrogen-bond acceptors (Lipinski definition) is 4. The van der Waals surface area contributed by atoms with Crippen LogP contribution in [0.2, 0.25) is 0 Å². The second kappa shape index (κ2) is 3.86. The van der Waals surface area contributed by atoms with Crippen LogP contribution in [0, 0.1) is 0 Å². The molecule has 0 fully saturated rings. The van der Waals surface area contributed by atoms with E-state index in [-0.39, 0.29) is 18.1 Å². The molecule has 1 aliphatic heterocycles. The predicted octanol–water partition coefficient (Wildman–Crippen LogP) is 2.07. The Morgan fingerprint density at radius 1 is 1.56 bits per heavy atom. The second-order valence-corrected chi connectivity index (χ2v) is 4.27. The second-order valence-electron chi connectivity index (χ2n) is 3.41. The standard InChI is InChI=1S/C10H9BrO5/c1-4(10(13)14)7-8(12)5(11)2-6-9(7)16-3-15-6/h2,4,12H,3H2,1H3,(H,13,14). The van der Waals surface area contributed by atoms with E-state index >= 15 is 0 Å². The summed E-state index contributed by atoms with van der Waals surface area (Å²) in [6.45, 7) is 1.51. The van der Waals surface area contributed by atoms with Gasteiger partial charge in [0.1, 0.15) is 5.75 Å². The number of aromatic hydroxyl groups is 1. The van der Waals surface area contributed by atoms with Gasteiger partial charge < -0.3 is 19.7 Å². The molecule has 0 saturated heterocycles. The van der Waals surface area contributed by atoms with E-state index in [0.29, 0.717) is 16.0 Å². The van der Waals surface area contributed by atoms with Gasteiger partial charge in [0.05, 0.1) is 16.0 Å². The zero-order chi connectivity index (χ0) is 11.9. The van der Waals surface area contributed by atoms with Gasteiger partial charge >= 0.3 is 5.97 Å². The Morgan fingerprint density at radius 2 is 2.25 bits per heavy atom. The summed E-state index contributed by atoms with van der Waals surface area (Å²) < 4.78 is 10.7. The lowest BCUT2D eigenvalue weighted by Crippen LogP contribution is -2.09. The Labute approximate surface area is 99.7 Å². The van der Waals surface area contributed by atoms with Crippen LogP contribution < -0.4 is 9.47 Å². The highest BCUT2D eigenvalue weighted by atomic mass is 79.9. The lowest BCUT2D eigenvalue weighted by molar-refractivity contribution is -0.138. The number of carboxylic acid groups (broad SMARTS) is 1. The van der Waals surface area contributed by atoms with Crippen LogP contribution in [-0.2, 0) is 4.79 Å². The largest absolute Gasteiger partial charge is 0.506 e. The van der Waals surface area contributed by atoms with Crippen LogP contribution in [0.3, 0.4) is 0 Å². The van der Waals surface area contributed by atoms with Gasteiger partial charge in [0, 0.05) is 6.07 Å². The minimum absolute atomic E-state index is 0.0323. The smallest absolute Gasteiger partial charge is 0.310 e. The van der Waals surface area contributed by atoms with E-state index in [2.05, 4.69) is 15.9 Å². The van der Waals surface area contributed by atoms with Gasteiger partial charge in [-0.15, -0.1) is 0 Å². The molecule has 0 spiro atoms. The molecule has 0 aromatic heterocycles. The van der Waals surface area contributed by atoms with E-state index < -0.39 is 11.9 Å². The number of carboxylic acids is 1. The Balaban J connectivity index is 2.63. The third-order valence-corrected chi connectivity index (χ3v) is 3.03. The van der Waals surface area contributed by atoms with Crippen molar-refractivity contribution in [2.24, 2.45) is 0 Å². The number of fused-ring (bicyclic) bond motifs is 1. The van der Waals surface area contributed by atoms with Gasteiger partial charge in [-0.05, 0) is 22.9 Å². The molecule has 2 N–H and O–H groups in total. The number of aliphatic carboxylic acids is 1. The van der Waals surface area contributed by atoms with E-state index in [4.69, 9.17) is 14.6 Å². The number of halogens is 1. The first kappa shape index (κ1) is 11.1. The minimum Gasteiger partial charge on any atom is -0.506 e. The van der Waals surface area contributed by atoms with Crippen molar-refractivity contribution in [1.82, 2.24) is 0 Å². The van der Waals surface area contributed by atoms with Crippen molar-refractivity contribution < 1.29 is 24.5 Å². The van der Waals surface area contributed by atoms with Crippen molar-refractivity contribution in [3.8, 4) is 17.2 Å². The molecule has 6 heteroatoms. The highest BCUT2D eigenvalue weighted by molar-refractivity contribution is 9.10. The van der Waals surface area contributed by atoms with Gasteiger partial charge in [0.25, 0.3) is 0 Å². The van der Waals surface area contributed by atoms with Crippen molar-refractivity contribution in [3.05, 3.63) is 16.1 Å². The van der Waals surface area contributed by atoms with Crippen LogP contribution in [0.1, 0.15) is 18.4 Å². The Morgan fingerprint density at radius 3 is 2.88 bits per heavy atom. The van der Waals surface area contributed by atoms with Crippen LogP contribution in [-0.4, -0.2) is 23.0 Å². The highest BCUT2D eigenvalue weighted by Gasteiger charge is 2.30. The van der Waals surface area contributed by atoms with Crippen LogP contribution in [0.4, 0.5) is 0 Å². The summed E-state index contributed by atoms with van der Waals surface area (Å²) in [4.78, 5) is 10.9. The fourth-order valence-corrected chi connectivity index (χ4v) is 1.97. The van der Waals surface area contributed by atoms with Gasteiger partial charge in [0.2, 0.25) is 6.79 Å². The molecule has 86 valence electrons. The number of rotatable bonds is 2. The Hall–Kier alpha value is -1.43. The van der Waals surface area contributed by atoms with Crippen LogP contribution in [0.25, 0.3) is 0 Å². The topological polar surface area (TPSA) is 76.0 Å². The fourth-order valence-electron chi connectivity index (χ4n) is 1.55. The van der Waals surface area contributed by atoms with Gasteiger partial charge in [-0.3, -0.25) is 4.79 Å². The third kappa shape index (κ3) is 1.59. The van der Waals surface area contributed by atoms with Crippen molar-refractivity contribution in [2.75, 3.05) is 6.79 Å². The molecule has 0 saturated carbocycles. The van der Waals surface area contributed by atoms with Crippen LogP contribution in [0.5, 0.6) is 17.2 Å². The summed E-state index contributed by atoms with van der Waals surface area (Å²) in [5, 5.41) is 18.8. The van der Waals surface area contributed by atoms with Gasteiger partial charge in [-0.1, -0.05) is 0 Å². The monoisotopic (exact) mass is 288 g/mol. The van der Waals surface area contributed by atoms with Crippen molar-refractivity contribution in [2.45, 2.75) is 12.8 Å². The molecular formula is C10H9BrO5. The summed E-state index contributed by atoms with van der Waals surface area (Å²) >= 11 is 3.14. The number of hydrogen-bond donors (Lipinski definition) is 2. The van der Waals surface area contributed by atoms with Gasteiger partial charge in [-0.2, -0.15) is 0 Å². The first-order chi connectivity index (χ1) is 7.52. The normalized spacial score (nSPS) is 14.9. The SMILES string of the molecule is CC(C(=O)O)c1c(O)c(Br)cc2c1OCO2. The van der Waals surface area contributed by atoms with E-state index in [1.165, 1.54) is 6.92 Å². The molecule has 0 amide bonds. The molecule has 0 radical (unpaired) electrons. The molecule has 0 aliphatic carbocycles. The van der Waals surface area contributed by atoms with Crippen molar-refractivity contribution in [3.63, 3.8) is 0 Å². The number of carbonyl (C=O) groups is 1. The predicted molar refractivity (Wildman–Crippen MR) is 58.0 cm³/mol. The summed E-state index contributed by atoms with van der Waals surface area (Å²) in [5.74, 6) is -1.29.